The summed E-state index contributed by atoms with van der Waals surface area (Å²) < 4.78 is 5.93. The molecule has 23 heavy (non-hydrogen) atoms. The summed E-state index contributed by atoms with van der Waals surface area (Å²) in [6, 6.07) is 10.5. The Hall–Kier alpha value is -1.92. The summed E-state index contributed by atoms with van der Waals surface area (Å²) in [6.07, 6.45) is 1.40. The molecule has 0 saturated heterocycles. The number of esters is 1. The zero-order valence-electron chi connectivity index (χ0n) is 12.3. The fourth-order valence-electron chi connectivity index (χ4n) is 1.82. The number of hydrogen-bond donors (Lipinski definition) is 0. The Bertz CT molecular complexity index is 724. The van der Waals surface area contributed by atoms with Gasteiger partial charge in [-0.25, -0.2) is 9.78 Å². The van der Waals surface area contributed by atoms with Gasteiger partial charge >= 0.3 is 5.97 Å². The maximum Gasteiger partial charge on any atom is 0.338 e. The van der Waals surface area contributed by atoms with Crippen molar-refractivity contribution in [1.29, 1.82) is 0 Å². The first-order valence-corrected chi connectivity index (χ1v) is 7.90. The van der Waals surface area contributed by atoms with Crippen molar-refractivity contribution in [2.75, 3.05) is 13.7 Å². The Morgan fingerprint density at radius 2 is 2.04 bits per heavy atom. The molecule has 5 nitrogen and oxygen atoms in total. The molecule has 0 atom stereocenters. The molecule has 120 valence electrons. The van der Waals surface area contributed by atoms with Crippen LogP contribution in [0.1, 0.15) is 15.9 Å². The number of halogens is 2. The van der Waals surface area contributed by atoms with Gasteiger partial charge in [0.25, 0.3) is 5.91 Å². The highest BCUT2D eigenvalue weighted by Gasteiger charge is 2.15. The summed E-state index contributed by atoms with van der Waals surface area (Å²) in [5.41, 5.74) is 1.22. The van der Waals surface area contributed by atoms with E-state index in [-0.39, 0.29) is 23.2 Å². The van der Waals surface area contributed by atoms with E-state index in [1.165, 1.54) is 23.2 Å². The van der Waals surface area contributed by atoms with E-state index in [4.69, 9.17) is 16.3 Å². The lowest BCUT2D eigenvalue weighted by atomic mass is 10.2. The van der Waals surface area contributed by atoms with Gasteiger partial charge in [0.05, 0.1) is 5.56 Å². The number of hydrogen-bond acceptors (Lipinski definition) is 4. The van der Waals surface area contributed by atoms with E-state index in [1.54, 1.807) is 7.05 Å². The van der Waals surface area contributed by atoms with Crippen molar-refractivity contribution >= 4 is 39.4 Å². The largest absolute Gasteiger partial charge is 0.452 e. The van der Waals surface area contributed by atoms with Gasteiger partial charge in [0.15, 0.2) is 6.61 Å². The number of benzene rings is 1. The van der Waals surface area contributed by atoms with E-state index in [0.717, 1.165) is 10.0 Å². The topological polar surface area (TPSA) is 59.5 Å². The average molecular weight is 398 g/mol. The van der Waals surface area contributed by atoms with Crippen molar-refractivity contribution in [2.24, 2.45) is 0 Å². The number of carbonyl (C=O) groups is 2. The first-order chi connectivity index (χ1) is 11.0. The lowest BCUT2D eigenvalue weighted by Crippen LogP contribution is -2.31. The molecule has 0 N–H and O–H groups in total. The first kappa shape index (κ1) is 17.4. The summed E-state index contributed by atoms with van der Waals surface area (Å²) in [7, 11) is 1.65. The SMILES string of the molecule is CN(Cc1ccccc1Br)C(=O)COC(=O)c1ccnc(Cl)c1. The third-order valence-electron chi connectivity index (χ3n) is 3.08. The number of amides is 1. The van der Waals surface area contributed by atoms with Crippen LogP contribution in [0.3, 0.4) is 0 Å². The van der Waals surface area contributed by atoms with Crippen LogP contribution in [0.25, 0.3) is 0 Å². The van der Waals surface area contributed by atoms with Gasteiger partial charge in [0, 0.05) is 24.3 Å². The lowest BCUT2D eigenvalue weighted by Gasteiger charge is -2.18. The van der Waals surface area contributed by atoms with Gasteiger partial charge < -0.3 is 9.64 Å². The molecule has 0 aliphatic rings. The van der Waals surface area contributed by atoms with Gasteiger partial charge in [0.2, 0.25) is 0 Å². The van der Waals surface area contributed by atoms with Crippen LogP contribution in [0.4, 0.5) is 0 Å². The van der Waals surface area contributed by atoms with Crippen LogP contribution in [0.5, 0.6) is 0 Å². The maximum absolute atomic E-state index is 12.1. The average Bonchev–Trinajstić information content (AvgIpc) is 2.54. The molecule has 2 aromatic rings. The van der Waals surface area contributed by atoms with Gasteiger partial charge in [0.1, 0.15) is 5.15 Å². The molecule has 1 aromatic heterocycles. The Balaban J connectivity index is 1.89. The van der Waals surface area contributed by atoms with Crippen molar-refractivity contribution in [3.63, 3.8) is 0 Å². The first-order valence-electron chi connectivity index (χ1n) is 6.73. The van der Waals surface area contributed by atoms with Crippen molar-refractivity contribution in [3.05, 3.63) is 63.3 Å². The molecule has 1 aromatic carbocycles. The predicted octanol–water partition coefficient (Wildman–Crippen LogP) is 3.31. The van der Waals surface area contributed by atoms with Crippen LogP contribution in [-0.2, 0) is 16.1 Å². The Labute approximate surface area is 147 Å². The second-order valence-corrected chi connectivity index (χ2v) is 6.03. The fourth-order valence-corrected chi connectivity index (χ4v) is 2.40. The highest BCUT2D eigenvalue weighted by Crippen LogP contribution is 2.17. The third-order valence-corrected chi connectivity index (χ3v) is 4.06. The van der Waals surface area contributed by atoms with Crippen LogP contribution >= 0.6 is 27.5 Å². The molecule has 0 spiro atoms. The number of aromatic nitrogens is 1. The van der Waals surface area contributed by atoms with E-state index in [2.05, 4.69) is 20.9 Å². The molecule has 7 heteroatoms. The molecule has 1 heterocycles. The van der Waals surface area contributed by atoms with Crippen molar-refractivity contribution in [2.45, 2.75) is 6.54 Å². The summed E-state index contributed by atoms with van der Waals surface area (Å²) >= 11 is 9.14. The lowest BCUT2D eigenvalue weighted by molar-refractivity contribution is -0.133. The maximum atomic E-state index is 12.1. The molecular weight excluding hydrogens is 384 g/mol. The minimum atomic E-state index is -0.614. The molecule has 0 bridgehead atoms. The highest BCUT2D eigenvalue weighted by atomic mass is 79.9. The van der Waals surface area contributed by atoms with E-state index in [1.807, 2.05) is 24.3 Å². The monoisotopic (exact) mass is 396 g/mol. The second-order valence-electron chi connectivity index (χ2n) is 4.78. The third kappa shape index (κ3) is 5.04. The quantitative estimate of drug-likeness (QED) is 0.574. The molecule has 0 aliphatic heterocycles. The zero-order valence-corrected chi connectivity index (χ0v) is 14.7. The van der Waals surface area contributed by atoms with Gasteiger partial charge in [-0.2, -0.15) is 0 Å². The predicted molar refractivity (Wildman–Crippen MR) is 90.1 cm³/mol. The van der Waals surface area contributed by atoms with E-state index < -0.39 is 5.97 Å². The van der Waals surface area contributed by atoms with E-state index >= 15 is 0 Å². The Kier molecular flexibility index (Phi) is 6.12. The number of carbonyl (C=O) groups excluding carboxylic acids is 2. The molecule has 0 unspecified atom stereocenters. The number of ether oxygens (including phenoxy) is 1. The Morgan fingerprint density at radius 3 is 2.74 bits per heavy atom. The normalized spacial score (nSPS) is 10.2. The number of rotatable bonds is 5. The number of pyridine rings is 1. The Morgan fingerprint density at radius 1 is 1.30 bits per heavy atom. The van der Waals surface area contributed by atoms with Gasteiger partial charge in [-0.05, 0) is 23.8 Å². The molecule has 0 saturated carbocycles. The fraction of sp³-hybridized carbons (Fsp3) is 0.188. The van der Waals surface area contributed by atoms with Crippen LogP contribution in [-0.4, -0.2) is 35.4 Å². The van der Waals surface area contributed by atoms with Crippen molar-refractivity contribution < 1.29 is 14.3 Å². The standard InChI is InChI=1S/C16H14BrClN2O3/c1-20(9-12-4-2-3-5-13(12)17)15(21)10-23-16(22)11-6-7-19-14(18)8-11/h2-8H,9-10H2,1H3. The number of nitrogens with zero attached hydrogens (tertiary/aromatic N) is 2. The summed E-state index contributed by atoms with van der Waals surface area (Å²) in [6.45, 7) is 0.0820. The van der Waals surface area contributed by atoms with E-state index in [0.29, 0.717) is 6.54 Å². The molecule has 2 rings (SSSR count). The summed E-state index contributed by atoms with van der Waals surface area (Å²) in [5.74, 6) is -0.911. The van der Waals surface area contributed by atoms with Crippen molar-refractivity contribution in [1.82, 2.24) is 9.88 Å². The van der Waals surface area contributed by atoms with Crippen LogP contribution < -0.4 is 0 Å². The zero-order chi connectivity index (χ0) is 16.8. The minimum absolute atomic E-state index is 0.192. The smallest absolute Gasteiger partial charge is 0.338 e. The minimum Gasteiger partial charge on any atom is -0.452 e. The van der Waals surface area contributed by atoms with Crippen LogP contribution in [0.15, 0.2) is 47.1 Å². The second kappa shape index (κ2) is 8.08. The van der Waals surface area contributed by atoms with Gasteiger partial charge in [-0.3, -0.25) is 4.79 Å². The molecule has 0 aliphatic carbocycles. The van der Waals surface area contributed by atoms with Gasteiger partial charge in [-0.1, -0.05) is 45.7 Å². The number of likely N-dealkylation sites (N-methyl/N-ethyl adjacent to an activating group) is 1. The van der Waals surface area contributed by atoms with Gasteiger partial charge in [-0.15, -0.1) is 0 Å². The molecular formula is C16H14BrClN2O3. The summed E-state index contributed by atoms with van der Waals surface area (Å²) in [5, 5.41) is 0.192. The summed E-state index contributed by atoms with van der Waals surface area (Å²) in [4.78, 5) is 29.2. The molecule has 0 radical (unpaired) electrons. The van der Waals surface area contributed by atoms with Crippen LogP contribution in [0, 0.1) is 0 Å². The van der Waals surface area contributed by atoms with Crippen molar-refractivity contribution in [3.8, 4) is 0 Å². The highest BCUT2D eigenvalue weighted by molar-refractivity contribution is 9.10. The van der Waals surface area contributed by atoms with E-state index in [9.17, 15) is 9.59 Å². The van der Waals surface area contributed by atoms with Crippen LogP contribution in [0.2, 0.25) is 5.15 Å². The molecule has 1 amide bonds. The molecule has 0 fully saturated rings.